The summed E-state index contributed by atoms with van der Waals surface area (Å²) >= 11 is 0. The predicted molar refractivity (Wildman–Crippen MR) is 70.6 cm³/mol. The molecule has 0 atom stereocenters. The van der Waals surface area contributed by atoms with Crippen molar-refractivity contribution in [2.45, 2.75) is 13.3 Å². The number of carbonyl (C=O) groups is 1. The minimum Gasteiger partial charge on any atom is -0.508 e. The molecule has 0 amide bonds. The van der Waals surface area contributed by atoms with Gasteiger partial charge >= 0.3 is 0 Å². The van der Waals surface area contributed by atoms with Crippen molar-refractivity contribution < 1.29 is 24.5 Å². The summed E-state index contributed by atoms with van der Waals surface area (Å²) in [5.74, 6) is -2.52. The molecule has 0 bridgehead atoms. The Hall–Kier alpha value is -2.56. The third kappa shape index (κ3) is 2.42. The first kappa shape index (κ1) is 13.9. The number of phenols is 3. The first-order chi connectivity index (χ1) is 9.43. The molecular weight excluding hydrogens is 263 g/mol. The third-order valence-electron chi connectivity index (χ3n) is 3.03. The van der Waals surface area contributed by atoms with Gasteiger partial charge in [0.1, 0.15) is 11.5 Å². The molecular formula is C15H13FO4. The Morgan fingerprint density at radius 3 is 2.35 bits per heavy atom. The summed E-state index contributed by atoms with van der Waals surface area (Å²) < 4.78 is 13.3. The molecule has 0 saturated carbocycles. The molecule has 0 aliphatic heterocycles. The normalized spacial score (nSPS) is 10.5. The second kappa shape index (κ2) is 5.21. The third-order valence-corrected chi connectivity index (χ3v) is 3.03. The molecule has 104 valence electrons. The van der Waals surface area contributed by atoms with Gasteiger partial charge in [-0.3, -0.25) is 4.79 Å². The molecule has 0 heterocycles. The monoisotopic (exact) mass is 276 g/mol. The fraction of sp³-hybridized carbons (Fsp3) is 0.133. The van der Waals surface area contributed by atoms with E-state index in [9.17, 15) is 19.4 Å². The standard InChI is InChI=1S/C15H13FO4/c1-2-8-5-10(14(19)7-13(8)18)15(20)9-3-4-12(17)11(16)6-9/h3-7,17-19H,2H2,1H3. The maximum Gasteiger partial charge on any atom is 0.196 e. The Balaban J connectivity index is 2.50. The number of aryl methyl sites for hydroxylation is 1. The highest BCUT2D eigenvalue weighted by molar-refractivity contribution is 6.11. The number of rotatable bonds is 3. The Morgan fingerprint density at radius 2 is 1.75 bits per heavy atom. The minimum absolute atomic E-state index is 0.00310. The molecule has 3 N–H and O–H groups in total. The molecule has 2 rings (SSSR count). The van der Waals surface area contributed by atoms with E-state index in [2.05, 4.69) is 0 Å². The molecule has 0 saturated heterocycles. The zero-order chi connectivity index (χ0) is 14.9. The average Bonchev–Trinajstić information content (AvgIpc) is 2.41. The summed E-state index contributed by atoms with van der Waals surface area (Å²) in [6, 6.07) is 5.69. The quantitative estimate of drug-likeness (QED) is 0.753. The Labute approximate surface area is 114 Å². The lowest BCUT2D eigenvalue weighted by Gasteiger charge is -2.08. The van der Waals surface area contributed by atoms with Crippen LogP contribution in [0.4, 0.5) is 4.39 Å². The number of aromatic hydroxyl groups is 3. The lowest BCUT2D eigenvalue weighted by atomic mass is 9.98. The zero-order valence-electron chi connectivity index (χ0n) is 10.7. The van der Waals surface area contributed by atoms with Crippen LogP contribution in [-0.4, -0.2) is 21.1 Å². The van der Waals surface area contributed by atoms with Crippen LogP contribution >= 0.6 is 0 Å². The smallest absolute Gasteiger partial charge is 0.196 e. The van der Waals surface area contributed by atoms with Crippen molar-refractivity contribution in [2.24, 2.45) is 0 Å². The van der Waals surface area contributed by atoms with Crippen molar-refractivity contribution in [1.29, 1.82) is 0 Å². The van der Waals surface area contributed by atoms with E-state index in [1.54, 1.807) is 6.92 Å². The Bertz CT molecular complexity index is 680. The maximum absolute atomic E-state index is 13.3. The molecule has 0 radical (unpaired) electrons. The first-order valence-corrected chi connectivity index (χ1v) is 6.02. The summed E-state index contributed by atoms with van der Waals surface area (Å²) in [5.41, 5.74) is 0.485. The molecule has 4 nitrogen and oxygen atoms in total. The van der Waals surface area contributed by atoms with Crippen LogP contribution in [0, 0.1) is 5.82 Å². The summed E-state index contributed by atoms with van der Waals surface area (Å²) in [5, 5.41) is 28.4. The zero-order valence-corrected chi connectivity index (χ0v) is 10.7. The lowest BCUT2D eigenvalue weighted by Crippen LogP contribution is -2.03. The van der Waals surface area contributed by atoms with Gasteiger partial charge in [0, 0.05) is 11.6 Å². The average molecular weight is 276 g/mol. The van der Waals surface area contributed by atoms with Gasteiger partial charge in [-0.15, -0.1) is 0 Å². The molecule has 0 spiro atoms. The summed E-state index contributed by atoms with van der Waals surface area (Å²) in [6.07, 6.45) is 0.482. The van der Waals surface area contributed by atoms with Gasteiger partial charge in [0.05, 0.1) is 5.56 Å². The van der Waals surface area contributed by atoms with E-state index in [0.29, 0.717) is 12.0 Å². The van der Waals surface area contributed by atoms with Gasteiger partial charge in [0.15, 0.2) is 17.3 Å². The van der Waals surface area contributed by atoms with E-state index < -0.39 is 17.3 Å². The summed E-state index contributed by atoms with van der Waals surface area (Å²) in [7, 11) is 0. The SMILES string of the molecule is CCc1cc(C(=O)c2ccc(O)c(F)c2)c(O)cc1O. The molecule has 0 aliphatic rings. The van der Waals surface area contributed by atoms with Crippen LogP contribution < -0.4 is 0 Å². The summed E-state index contributed by atoms with van der Waals surface area (Å²) in [4.78, 5) is 12.2. The van der Waals surface area contributed by atoms with E-state index in [1.807, 2.05) is 0 Å². The molecule has 0 aromatic heterocycles. The summed E-state index contributed by atoms with van der Waals surface area (Å²) in [6.45, 7) is 1.79. The molecule has 0 unspecified atom stereocenters. The fourth-order valence-electron chi connectivity index (χ4n) is 1.89. The lowest BCUT2D eigenvalue weighted by molar-refractivity contribution is 0.103. The van der Waals surface area contributed by atoms with Gasteiger partial charge in [-0.25, -0.2) is 4.39 Å². The molecule has 2 aromatic carbocycles. The number of hydrogen-bond donors (Lipinski definition) is 3. The van der Waals surface area contributed by atoms with Gasteiger partial charge in [-0.05, 0) is 36.2 Å². The van der Waals surface area contributed by atoms with Crippen LogP contribution in [0.5, 0.6) is 17.2 Å². The topological polar surface area (TPSA) is 77.8 Å². The van der Waals surface area contributed by atoms with Crippen molar-refractivity contribution in [3.05, 3.63) is 52.8 Å². The number of hydrogen-bond acceptors (Lipinski definition) is 4. The second-order valence-electron chi connectivity index (χ2n) is 4.35. The van der Waals surface area contributed by atoms with Crippen LogP contribution in [0.25, 0.3) is 0 Å². The van der Waals surface area contributed by atoms with Crippen LogP contribution in [0.15, 0.2) is 30.3 Å². The largest absolute Gasteiger partial charge is 0.508 e. The number of carbonyl (C=O) groups excluding carboxylic acids is 1. The fourth-order valence-corrected chi connectivity index (χ4v) is 1.89. The van der Waals surface area contributed by atoms with E-state index in [1.165, 1.54) is 12.1 Å². The van der Waals surface area contributed by atoms with E-state index in [-0.39, 0.29) is 22.6 Å². The molecule has 5 heteroatoms. The second-order valence-corrected chi connectivity index (χ2v) is 4.35. The van der Waals surface area contributed by atoms with Crippen LogP contribution in [0.2, 0.25) is 0 Å². The Kier molecular flexibility index (Phi) is 3.61. The van der Waals surface area contributed by atoms with Crippen LogP contribution in [0.1, 0.15) is 28.4 Å². The van der Waals surface area contributed by atoms with Crippen molar-refractivity contribution in [3.63, 3.8) is 0 Å². The highest BCUT2D eigenvalue weighted by Gasteiger charge is 2.17. The van der Waals surface area contributed by atoms with Gasteiger partial charge in [0.2, 0.25) is 0 Å². The van der Waals surface area contributed by atoms with Crippen LogP contribution in [-0.2, 0) is 6.42 Å². The molecule has 20 heavy (non-hydrogen) atoms. The van der Waals surface area contributed by atoms with Crippen molar-refractivity contribution >= 4 is 5.78 Å². The van der Waals surface area contributed by atoms with E-state index >= 15 is 0 Å². The predicted octanol–water partition coefficient (Wildman–Crippen LogP) is 2.74. The maximum atomic E-state index is 13.3. The number of phenolic OH excluding ortho intramolecular Hbond substituents is 3. The minimum atomic E-state index is -0.912. The van der Waals surface area contributed by atoms with E-state index in [0.717, 1.165) is 18.2 Å². The van der Waals surface area contributed by atoms with Crippen molar-refractivity contribution in [2.75, 3.05) is 0 Å². The molecule has 0 aliphatic carbocycles. The van der Waals surface area contributed by atoms with Crippen molar-refractivity contribution in [1.82, 2.24) is 0 Å². The van der Waals surface area contributed by atoms with Crippen molar-refractivity contribution in [3.8, 4) is 17.2 Å². The number of halogens is 1. The first-order valence-electron chi connectivity index (χ1n) is 6.02. The molecule has 2 aromatic rings. The molecule has 0 fully saturated rings. The highest BCUT2D eigenvalue weighted by atomic mass is 19.1. The van der Waals surface area contributed by atoms with Gasteiger partial charge in [0.25, 0.3) is 0 Å². The van der Waals surface area contributed by atoms with Gasteiger partial charge in [-0.1, -0.05) is 6.92 Å². The Morgan fingerprint density at radius 1 is 1.05 bits per heavy atom. The van der Waals surface area contributed by atoms with Crippen LogP contribution in [0.3, 0.4) is 0 Å². The number of ketones is 1. The number of benzene rings is 2. The van der Waals surface area contributed by atoms with Gasteiger partial charge in [-0.2, -0.15) is 0 Å². The van der Waals surface area contributed by atoms with Gasteiger partial charge < -0.3 is 15.3 Å². The highest BCUT2D eigenvalue weighted by Crippen LogP contribution is 2.30. The van der Waals surface area contributed by atoms with E-state index in [4.69, 9.17) is 5.11 Å².